The number of carboxylic acids is 1. The van der Waals surface area contributed by atoms with Gasteiger partial charge in [-0.1, -0.05) is 6.07 Å². The van der Waals surface area contributed by atoms with Crippen molar-refractivity contribution in [1.82, 2.24) is 0 Å². The van der Waals surface area contributed by atoms with Gasteiger partial charge in [-0.3, -0.25) is 0 Å². The van der Waals surface area contributed by atoms with Gasteiger partial charge in [-0.2, -0.15) is 8.78 Å². The molecule has 0 aromatic heterocycles. The molecule has 0 heterocycles. The van der Waals surface area contributed by atoms with E-state index in [0.29, 0.717) is 0 Å². The number of alkyl halides is 4. The van der Waals surface area contributed by atoms with Gasteiger partial charge in [0, 0.05) is 5.56 Å². The van der Waals surface area contributed by atoms with Gasteiger partial charge in [-0.25, -0.2) is 13.6 Å². The summed E-state index contributed by atoms with van der Waals surface area (Å²) in [6, 6.07) is 3.78. The van der Waals surface area contributed by atoms with Crippen molar-refractivity contribution < 1.29 is 32.2 Å². The van der Waals surface area contributed by atoms with E-state index < -0.39 is 24.9 Å². The Morgan fingerprint density at radius 1 is 1.44 bits per heavy atom. The van der Waals surface area contributed by atoms with Crippen LogP contribution in [0.1, 0.15) is 15.9 Å². The molecule has 0 aliphatic heterocycles. The highest BCUT2D eigenvalue weighted by molar-refractivity contribution is 5.90. The van der Waals surface area contributed by atoms with Gasteiger partial charge in [0.15, 0.2) is 6.61 Å². The molecular weight excluding hydrogens is 256 g/mol. The Morgan fingerprint density at radius 2 is 2.06 bits per heavy atom. The van der Waals surface area contributed by atoms with Gasteiger partial charge in [0.2, 0.25) is 0 Å². The van der Waals surface area contributed by atoms with Crippen LogP contribution in [0, 0.1) is 6.92 Å². The molecular formula is C11H10F4O3. The summed E-state index contributed by atoms with van der Waals surface area (Å²) >= 11 is 0. The number of halogens is 4. The van der Waals surface area contributed by atoms with Gasteiger partial charge in [0.25, 0.3) is 0 Å². The van der Waals surface area contributed by atoms with Crippen molar-refractivity contribution in [2.24, 2.45) is 0 Å². The third-order valence-corrected chi connectivity index (χ3v) is 2.25. The lowest BCUT2D eigenvalue weighted by atomic mass is 10.1. The number of hydrogen-bond donors (Lipinski definition) is 1. The predicted molar refractivity (Wildman–Crippen MR) is 54.6 cm³/mol. The van der Waals surface area contributed by atoms with Crippen molar-refractivity contribution >= 4 is 5.97 Å². The minimum Gasteiger partial charge on any atom is -0.487 e. The molecule has 0 fully saturated rings. The van der Waals surface area contributed by atoms with Crippen molar-refractivity contribution in [2.75, 3.05) is 6.61 Å². The maximum Gasteiger partial charge on any atom is 0.340 e. The smallest absolute Gasteiger partial charge is 0.340 e. The van der Waals surface area contributed by atoms with Gasteiger partial charge < -0.3 is 9.84 Å². The van der Waals surface area contributed by atoms with Gasteiger partial charge in [-0.05, 0) is 19.1 Å². The maximum absolute atomic E-state index is 12.6. The quantitative estimate of drug-likeness (QED) is 0.833. The predicted octanol–water partition coefficient (Wildman–Crippen LogP) is 2.97. The molecule has 0 saturated carbocycles. The zero-order chi connectivity index (χ0) is 13.9. The van der Waals surface area contributed by atoms with Crippen LogP contribution in [-0.4, -0.2) is 30.0 Å². The maximum atomic E-state index is 12.6. The Bertz CT molecular complexity index is 446. The number of hydrogen-bond acceptors (Lipinski definition) is 2. The molecule has 18 heavy (non-hydrogen) atoms. The summed E-state index contributed by atoms with van der Waals surface area (Å²) in [5.41, 5.74) is -0.0251. The van der Waals surface area contributed by atoms with Crippen molar-refractivity contribution in [3.8, 4) is 5.75 Å². The summed E-state index contributed by atoms with van der Waals surface area (Å²) in [5, 5.41) is 8.78. The first-order chi connectivity index (χ1) is 8.25. The van der Waals surface area contributed by atoms with Crippen LogP contribution < -0.4 is 4.74 Å². The Hall–Kier alpha value is -1.79. The molecule has 1 N–H and O–H groups in total. The summed E-state index contributed by atoms with van der Waals surface area (Å²) in [6.45, 7) is -0.159. The SMILES string of the molecule is Cc1c(OCC(F)(F)C(F)F)cccc1C(=O)O. The second-order valence-corrected chi connectivity index (χ2v) is 3.58. The van der Waals surface area contributed by atoms with Gasteiger partial charge in [0.1, 0.15) is 5.75 Å². The van der Waals surface area contributed by atoms with E-state index in [2.05, 4.69) is 4.74 Å². The van der Waals surface area contributed by atoms with Crippen molar-refractivity contribution in [2.45, 2.75) is 19.3 Å². The van der Waals surface area contributed by atoms with Gasteiger partial charge in [0.05, 0.1) is 5.56 Å². The highest BCUT2D eigenvalue weighted by Crippen LogP contribution is 2.27. The average Bonchev–Trinajstić information content (AvgIpc) is 2.27. The van der Waals surface area contributed by atoms with Crippen LogP contribution in [0.3, 0.4) is 0 Å². The summed E-state index contributed by atoms with van der Waals surface area (Å²) in [7, 11) is 0. The fourth-order valence-corrected chi connectivity index (χ4v) is 1.24. The van der Waals surface area contributed by atoms with E-state index >= 15 is 0 Å². The minimum atomic E-state index is -4.27. The third-order valence-electron chi connectivity index (χ3n) is 2.25. The van der Waals surface area contributed by atoms with Crippen molar-refractivity contribution in [1.29, 1.82) is 0 Å². The molecule has 0 aliphatic rings. The monoisotopic (exact) mass is 266 g/mol. The van der Waals surface area contributed by atoms with Gasteiger partial charge in [-0.15, -0.1) is 0 Å². The third kappa shape index (κ3) is 3.12. The van der Waals surface area contributed by atoms with E-state index in [0.717, 1.165) is 0 Å². The molecule has 1 rings (SSSR count). The lowest BCUT2D eigenvalue weighted by Crippen LogP contribution is -2.33. The molecule has 0 spiro atoms. The number of carboxylic acid groups (broad SMARTS) is 1. The van der Waals surface area contributed by atoms with Crippen LogP contribution in [0.2, 0.25) is 0 Å². The Balaban J connectivity index is 2.87. The Morgan fingerprint density at radius 3 is 2.56 bits per heavy atom. The zero-order valence-corrected chi connectivity index (χ0v) is 9.29. The average molecular weight is 266 g/mol. The zero-order valence-electron chi connectivity index (χ0n) is 9.29. The molecule has 0 radical (unpaired) electrons. The molecule has 100 valence electrons. The van der Waals surface area contributed by atoms with E-state index in [4.69, 9.17) is 5.11 Å². The number of benzene rings is 1. The van der Waals surface area contributed by atoms with E-state index in [-0.39, 0.29) is 16.9 Å². The first-order valence-electron chi connectivity index (χ1n) is 4.87. The Kier molecular flexibility index (Phi) is 4.15. The van der Waals surface area contributed by atoms with Crippen LogP contribution in [0.25, 0.3) is 0 Å². The molecule has 7 heteroatoms. The summed E-state index contributed by atoms with van der Waals surface area (Å²) in [6.07, 6.45) is -3.83. The molecule has 0 atom stereocenters. The highest BCUT2D eigenvalue weighted by atomic mass is 19.3. The number of carbonyl (C=O) groups is 1. The van der Waals surface area contributed by atoms with E-state index in [1.54, 1.807) is 0 Å². The highest BCUT2D eigenvalue weighted by Gasteiger charge is 2.41. The van der Waals surface area contributed by atoms with Crippen LogP contribution >= 0.6 is 0 Å². The van der Waals surface area contributed by atoms with Gasteiger partial charge >= 0.3 is 18.3 Å². The molecule has 3 nitrogen and oxygen atoms in total. The fourth-order valence-electron chi connectivity index (χ4n) is 1.24. The second-order valence-electron chi connectivity index (χ2n) is 3.58. The molecule has 0 aliphatic carbocycles. The molecule has 1 aromatic rings. The number of rotatable bonds is 5. The van der Waals surface area contributed by atoms with Crippen LogP contribution in [0.5, 0.6) is 5.75 Å². The van der Waals surface area contributed by atoms with E-state index in [1.165, 1.54) is 25.1 Å². The molecule has 0 saturated heterocycles. The summed E-state index contributed by atoms with van der Waals surface area (Å²) in [5.74, 6) is -5.68. The van der Waals surface area contributed by atoms with E-state index in [1.807, 2.05) is 0 Å². The van der Waals surface area contributed by atoms with Crippen molar-refractivity contribution in [3.63, 3.8) is 0 Å². The lowest BCUT2D eigenvalue weighted by Gasteiger charge is -2.17. The topological polar surface area (TPSA) is 46.5 Å². The minimum absolute atomic E-state index is 0.107. The number of aromatic carboxylic acids is 1. The van der Waals surface area contributed by atoms with Crippen LogP contribution in [-0.2, 0) is 0 Å². The van der Waals surface area contributed by atoms with E-state index in [9.17, 15) is 22.4 Å². The lowest BCUT2D eigenvalue weighted by molar-refractivity contribution is -0.148. The standard InChI is InChI=1S/C11H10F4O3/c1-6-7(9(16)17)3-2-4-8(6)18-5-11(14,15)10(12)13/h2-4,10H,5H2,1H3,(H,16,17). The molecule has 1 aromatic carbocycles. The molecule has 0 bridgehead atoms. The molecule has 0 unspecified atom stereocenters. The first kappa shape index (κ1) is 14.3. The summed E-state index contributed by atoms with van der Waals surface area (Å²) < 4.78 is 53.6. The molecule has 0 amide bonds. The first-order valence-corrected chi connectivity index (χ1v) is 4.87. The summed E-state index contributed by atoms with van der Waals surface area (Å²) in [4.78, 5) is 10.8. The Labute approximate surface area is 100.0 Å². The van der Waals surface area contributed by atoms with Crippen LogP contribution in [0.15, 0.2) is 18.2 Å². The normalized spacial score (nSPS) is 11.7. The second kappa shape index (κ2) is 5.24. The van der Waals surface area contributed by atoms with Crippen LogP contribution in [0.4, 0.5) is 17.6 Å². The van der Waals surface area contributed by atoms with Crippen molar-refractivity contribution in [3.05, 3.63) is 29.3 Å². The largest absolute Gasteiger partial charge is 0.487 e. The fraction of sp³-hybridized carbons (Fsp3) is 0.364. The number of ether oxygens (including phenoxy) is 1.